The highest BCUT2D eigenvalue weighted by atomic mass is 16.8. The third kappa shape index (κ3) is 1.90. The summed E-state index contributed by atoms with van der Waals surface area (Å²) in [6.45, 7) is 5.36. The molecule has 5 nitrogen and oxygen atoms in total. The highest BCUT2D eigenvalue weighted by Gasteiger charge is 2.56. The first-order valence-electron chi connectivity index (χ1n) is 5.16. The molecule has 2 saturated heterocycles. The summed E-state index contributed by atoms with van der Waals surface area (Å²) in [5.41, 5.74) is 0. The van der Waals surface area contributed by atoms with E-state index >= 15 is 0 Å². The first kappa shape index (κ1) is 11.3. The molecular formula is C10H18O5. The fourth-order valence-corrected chi connectivity index (χ4v) is 2.17. The summed E-state index contributed by atoms with van der Waals surface area (Å²) in [6.07, 6.45) is -1.97. The molecule has 2 rings (SSSR count). The van der Waals surface area contributed by atoms with Crippen LogP contribution >= 0.6 is 0 Å². The van der Waals surface area contributed by atoms with E-state index in [2.05, 4.69) is 0 Å². The molecule has 2 aliphatic heterocycles. The Balaban J connectivity index is 2.15. The first-order valence-corrected chi connectivity index (χ1v) is 5.16. The van der Waals surface area contributed by atoms with Crippen LogP contribution in [0.5, 0.6) is 0 Å². The molecule has 0 amide bonds. The summed E-state index contributed by atoms with van der Waals surface area (Å²) in [6, 6.07) is 0. The molecule has 1 unspecified atom stereocenters. The average molecular weight is 218 g/mol. The lowest BCUT2D eigenvalue weighted by atomic mass is 10.1. The van der Waals surface area contributed by atoms with E-state index in [1.807, 2.05) is 13.8 Å². The van der Waals surface area contributed by atoms with Crippen molar-refractivity contribution in [1.29, 1.82) is 0 Å². The normalized spacial score (nSPS) is 45.4. The second-order valence-corrected chi connectivity index (χ2v) is 4.51. The molecule has 2 heterocycles. The molecular weight excluding hydrogens is 200 g/mol. The van der Waals surface area contributed by atoms with E-state index < -0.39 is 18.2 Å². The van der Waals surface area contributed by atoms with E-state index in [9.17, 15) is 5.11 Å². The van der Waals surface area contributed by atoms with Gasteiger partial charge in [0.1, 0.15) is 18.3 Å². The van der Waals surface area contributed by atoms with Crippen molar-refractivity contribution in [1.82, 2.24) is 0 Å². The van der Waals surface area contributed by atoms with Gasteiger partial charge >= 0.3 is 0 Å². The Bertz CT molecular complexity index is 240. The molecule has 5 heteroatoms. The minimum Gasteiger partial charge on any atom is -0.391 e. The van der Waals surface area contributed by atoms with Crippen molar-refractivity contribution >= 4 is 0 Å². The van der Waals surface area contributed by atoms with Gasteiger partial charge in [-0.25, -0.2) is 0 Å². The first-order chi connectivity index (χ1) is 6.94. The number of hydrogen-bond acceptors (Lipinski definition) is 5. The van der Waals surface area contributed by atoms with Crippen LogP contribution in [0.15, 0.2) is 0 Å². The fourth-order valence-electron chi connectivity index (χ4n) is 2.17. The van der Waals surface area contributed by atoms with Gasteiger partial charge in [-0.3, -0.25) is 0 Å². The molecule has 0 aromatic heterocycles. The summed E-state index contributed by atoms with van der Waals surface area (Å²) < 4.78 is 22.0. The molecule has 0 aromatic rings. The van der Waals surface area contributed by atoms with E-state index in [0.29, 0.717) is 0 Å². The standard InChI is InChI=1S/C10H18O5/c1-5(11)6-7-8(9(12-4)13-6)15-10(2,3)14-7/h5-9,11H,1-4H3/t5-,6-,7+,8?,9-/m1/s1. The zero-order valence-corrected chi connectivity index (χ0v) is 9.47. The molecule has 0 spiro atoms. The summed E-state index contributed by atoms with van der Waals surface area (Å²) >= 11 is 0. The summed E-state index contributed by atoms with van der Waals surface area (Å²) in [5, 5.41) is 9.57. The smallest absolute Gasteiger partial charge is 0.186 e. The predicted octanol–water partition coefficient (Wildman–Crippen LogP) is 0.259. The van der Waals surface area contributed by atoms with Crippen molar-refractivity contribution < 1.29 is 24.1 Å². The number of aliphatic hydroxyl groups excluding tert-OH is 1. The molecule has 0 aliphatic carbocycles. The van der Waals surface area contributed by atoms with Gasteiger partial charge in [0.05, 0.1) is 6.10 Å². The van der Waals surface area contributed by atoms with Crippen LogP contribution in [-0.2, 0) is 18.9 Å². The molecule has 15 heavy (non-hydrogen) atoms. The van der Waals surface area contributed by atoms with Crippen molar-refractivity contribution in [2.75, 3.05) is 7.11 Å². The lowest BCUT2D eigenvalue weighted by molar-refractivity contribution is -0.235. The Morgan fingerprint density at radius 2 is 1.87 bits per heavy atom. The van der Waals surface area contributed by atoms with Gasteiger partial charge in [0.25, 0.3) is 0 Å². The van der Waals surface area contributed by atoms with Crippen molar-refractivity contribution in [3.63, 3.8) is 0 Å². The molecule has 2 fully saturated rings. The Labute approximate surface area is 89.3 Å². The molecule has 2 aliphatic rings. The number of methoxy groups -OCH3 is 1. The number of hydrogen-bond donors (Lipinski definition) is 1. The SMILES string of the molecule is CO[C@@H]1O[C@H]([C@@H](C)O)[C@@H]2OC(C)(C)OC12. The third-order valence-electron chi connectivity index (χ3n) is 2.75. The van der Waals surface area contributed by atoms with Gasteiger partial charge in [0, 0.05) is 7.11 Å². The van der Waals surface area contributed by atoms with Crippen LogP contribution in [0, 0.1) is 0 Å². The van der Waals surface area contributed by atoms with Gasteiger partial charge < -0.3 is 24.1 Å². The Morgan fingerprint density at radius 1 is 1.27 bits per heavy atom. The van der Waals surface area contributed by atoms with Gasteiger partial charge in [-0.15, -0.1) is 0 Å². The van der Waals surface area contributed by atoms with E-state index in [1.165, 1.54) is 0 Å². The highest BCUT2D eigenvalue weighted by molar-refractivity contribution is 4.96. The Hall–Kier alpha value is -0.200. The number of rotatable bonds is 2. The average Bonchev–Trinajstić information content (AvgIpc) is 2.57. The summed E-state index contributed by atoms with van der Waals surface area (Å²) in [4.78, 5) is 0. The largest absolute Gasteiger partial charge is 0.391 e. The van der Waals surface area contributed by atoms with Crippen LogP contribution in [0.25, 0.3) is 0 Å². The van der Waals surface area contributed by atoms with Crippen molar-refractivity contribution in [3.8, 4) is 0 Å². The van der Waals surface area contributed by atoms with Crippen LogP contribution in [0.1, 0.15) is 20.8 Å². The molecule has 0 saturated carbocycles. The van der Waals surface area contributed by atoms with Gasteiger partial charge in [-0.05, 0) is 20.8 Å². The lowest BCUT2D eigenvalue weighted by Gasteiger charge is -2.24. The predicted molar refractivity (Wildman–Crippen MR) is 51.2 cm³/mol. The third-order valence-corrected chi connectivity index (χ3v) is 2.75. The maximum atomic E-state index is 9.57. The second-order valence-electron chi connectivity index (χ2n) is 4.51. The zero-order chi connectivity index (χ0) is 11.2. The van der Waals surface area contributed by atoms with Gasteiger partial charge in [-0.2, -0.15) is 0 Å². The maximum Gasteiger partial charge on any atom is 0.186 e. The van der Waals surface area contributed by atoms with E-state index in [1.54, 1.807) is 14.0 Å². The van der Waals surface area contributed by atoms with Crippen LogP contribution in [0.4, 0.5) is 0 Å². The minimum atomic E-state index is -0.636. The van der Waals surface area contributed by atoms with Crippen molar-refractivity contribution in [3.05, 3.63) is 0 Å². The molecule has 88 valence electrons. The molecule has 5 atom stereocenters. The van der Waals surface area contributed by atoms with Crippen molar-refractivity contribution in [2.24, 2.45) is 0 Å². The van der Waals surface area contributed by atoms with Gasteiger partial charge in [0.15, 0.2) is 12.1 Å². The molecule has 0 radical (unpaired) electrons. The monoisotopic (exact) mass is 218 g/mol. The number of fused-ring (bicyclic) bond motifs is 1. The van der Waals surface area contributed by atoms with Gasteiger partial charge in [-0.1, -0.05) is 0 Å². The summed E-state index contributed by atoms with van der Waals surface area (Å²) in [5.74, 6) is -0.636. The Kier molecular flexibility index (Phi) is 2.77. The van der Waals surface area contributed by atoms with Crippen LogP contribution in [0.2, 0.25) is 0 Å². The molecule has 1 N–H and O–H groups in total. The minimum absolute atomic E-state index is 0.259. The maximum absolute atomic E-state index is 9.57. The van der Waals surface area contributed by atoms with Crippen LogP contribution < -0.4 is 0 Å². The van der Waals surface area contributed by atoms with Gasteiger partial charge in [0.2, 0.25) is 0 Å². The van der Waals surface area contributed by atoms with E-state index in [4.69, 9.17) is 18.9 Å². The fraction of sp³-hybridized carbons (Fsp3) is 1.00. The number of ether oxygens (including phenoxy) is 4. The number of aliphatic hydroxyl groups is 1. The van der Waals surface area contributed by atoms with Crippen LogP contribution in [0.3, 0.4) is 0 Å². The molecule has 0 bridgehead atoms. The van der Waals surface area contributed by atoms with E-state index in [-0.39, 0.29) is 18.3 Å². The topological polar surface area (TPSA) is 57.2 Å². The highest BCUT2D eigenvalue weighted by Crippen LogP contribution is 2.39. The van der Waals surface area contributed by atoms with E-state index in [0.717, 1.165) is 0 Å². The molecule has 0 aromatic carbocycles. The lowest BCUT2D eigenvalue weighted by Crippen LogP contribution is -2.36. The zero-order valence-electron chi connectivity index (χ0n) is 9.47. The quantitative estimate of drug-likeness (QED) is 0.720. The van der Waals surface area contributed by atoms with Crippen LogP contribution in [-0.4, -0.2) is 48.7 Å². The second kappa shape index (κ2) is 3.68. The van der Waals surface area contributed by atoms with Crippen molar-refractivity contribution in [2.45, 2.75) is 57.3 Å². The summed E-state index contributed by atoms with van der Waals surface area (Å²) in [7, 11) is 1.56. The Morgan fingerprint density at radius 3 is 2.40 bits per heavy atom.